The Hall–Kier alpha value is -2.35. The lowest BCUT2D eigenvalue weighted by Crippen LogP contribution is -2.11. The lowest BCUT2D eigenvalue weighted by Gasteiger charge is -2.14. The van der Waals surface area contributed by atoms with Gasteiger partial charge in [-0.3, -0.25) is 4.99 Å². The Morgan fingerprint density at radius 3 is 2.48 bits per heavy atom. The van der Waals surface area contributed by atoms with Crippen LogP contribution >= 0.6 is 27.5 Å². The molecule has 0 amide bonds. The summed E-state index contributed by atoms with van der Waals surface area (Å²) in [6.45, 7) is 6.19. The molecule has 0 atom stereocenters. The van der Waals surface area contributed by atoms with Gasteiger partial charge in [0.25, 0.3) is 0 Å². The van der Waals surface area contributed by atoms with Gasteiger partial charge in [0.05, 0.1) is 16.8 Å². The quantitative estimate of drug-likeness (QED) is 0.258. The summed E-state index contributed by atoms with van der Waals surface area (Å²) in [4.78, 5) is 4.56. The van der Waals surface area contributed by atoms with Gasteiger partial charge in [-0.2, -0.15) is 8.42 Å². The third-order valence-corrected chi connectivity index (χ3v) is 6.63. The van der Waals surface area contributed by atoms with E-state index >= 15 is 0 Å². The molecular weight excluding hydrogens is 502 g/mol. The largest absolute Gasteiger partial charge is 0.490 e. The van der Waals surface area contributed by atoms with Crippen LogP contribution in [-0.2, 0) is 10.1 Å². The average Bonchev–Trinajstić information content (AvgIpc) is 2.72. The number of benzene rings is 3. The minimum Gasteiger partial charge on any atom is -0.490 e. The maximum absolute atomic E-state index is 12.7. The first kappa shape index (κ1) is 23.3. The molecule has 0 aromatic heterocycles. The summed E-state index contributed by atoms with van der Waals surface area (Å²) in [6, 6.07) is 15.1. The summed E-state index contributed by atoms with van der Waals surface area (Å²) >= 11 is 9.25. The fourth-order valence-corrected chi connectivity index (χ4v) is 4.52. The maximum Gasteiger partial charge on any atom is 0.339 e. The van der Waals surface area contributed by atoms with E-state index in [0.717, 1.165) is 22.4 Å². The van der Waals surface area contributed by atoms with E-state index in [1.807, 2.05) is 39.0 Å². The molecule has 0 aliphatic rings. The van der Waals surface area contributed by atoms with E-state index in [9.17, 15) is 8.42 Å². The van der Waals surface area contributed by atoms with Crippen molar-refractivity contribution in [1.29, 1.82) is 0 Å². The molecule has 162 valence electrons. The predicted octanol–water partition coefficient (Wildman–Crippen LogP) is 6.64. The van der Waals surface area contributed by atoms with Crippen molar-refractivity contribution in [2.24, 2.45) is 4.99 Å². The van der Waals surface area contributed by atoms with Gasteiger partial charge in [0.1, 0.15) is 4.90 Å². The summed E-state index contributed by atoms with van der Waals surface area (Å²) in [6.07, 6.45) is 1.70. The number of hydrogen-bond donors (Lipinski definition) is 0. The first-order chi connectivity index (χ1) is 14.7. The lowest BCUT2D eigenvalue weighted by atomic mass is 10.1. The molecule has 5 nitrogen and oxygen atoms in total. The summed E-state index contributed by atoms with van der Waals surface area (Å²) in [5, 5.41) is 0.433. The standard InChI is InChI=1S/C23H21BrClNO4S/c1-4-29-22-13-17(14-26-21-7-5-6-15(2)16(21)3)12-20(24)23(22)30-31(27,28)19-10-8-18(25)9-11-19/h5-14H,4H2,1-3H3. The molecule has 0 aliphatic carbocycles. The van der Waals surface area contributed by atoms with E-state index in [-0.39, 0.29) is 16.4 Å². The van der Waals surface area contributed by atoms with Gasteiger partial charge < -0.3 is 8.92 Å². The molecule has 0 heterocycles. The molecule has 0 N–H and O–H groups in total. The molecule has 0 unspecified atom stereocenters. The van der Waals surface area contributed by atoms with Gasteiger partial charge in [-0.05, 0) is 95.9 Å². The van der Waals surface area contributed by atoms with E-state index in [1.54, 1.807) is 18.3 Å². The Kier molecular flexibility index (Phi) is 7.41. The van der Waals surface area contributed by atoms with Crippen molar-refractivity contribution in [3.05, 3.63) is 80.8 Å². The number of aliphatic imine (C=N–C) groups is 1. The van der Waals surface area contributed by atoms with Crippen LogP contribution in [0.5, 0.6) is 11.5 Å². The molecule has 3 rings (SSSR count). The first-order valence-electron chi connectivity index (χ1n) is 9.48. The van der Waals surface area contributed by atoms with Gasteiger partial charge in [0, 0.05) is 11.2 Å². The average molecular weight is 523 g/mol. The van der Waals surface area contributed by atoms with Crippen LogP contribution in [0.3, 0.4) is 0 Å². The number of ether oxygens (including phenoxy) is 1. The van der Waals surface area contributed by atoms with Crippen LogP contribution in [0.15, 0.2) is 69.0 Å². The normalized spacial score (nSPS) is 11.6. The zero-order chi connectivity index (χ0) is 22.6. The van der Waals surface area contributed by atoms with Crippen molar-refractivity contribution in [3.8, 4) is 11.5 Å². The highest BCUT2D eigenvalue weighted by atomic mass is 79.9. The Morgan fingerprint density at radius 1 is 1.10 bits per heavy atom. The summed E-state index contributed by atoms with van der Waals surface area (Å²) in [7, 11) is -4.07. The van der Waals surface area contributed by atoms with Gasteiger partial charge in [-0.1, -0.05) is 23.7 Å². The Labute approximate surface area is 195 Å². The second-order valence-electron chi connectivity index (χ2n) is 6.73. The van der Waals surface area contributed by atoms with Crippen LogP contribution in [-0.4, -0.2) is 21.2 Å². The van der Waals surface area contributed by atoms with E-state index in [2.05, 4.69) is 20.9 Å². The number of nitrogens with zero attached hydrogens (tertiary/aromatic N) is 1. The van der Waals surface area contributed by atoms with Crippen LogP contribution in [0.1, 0.15) is 23.6 Å². The van der Waals surface area contributed by atoms with Crippen molar-refractivity contribution < 1.29 is 17.3 Å². The molecular formula is C23H21BrClNO4S. The zero-order valence-corrected chi connectivity index (χ0v) is 20.4. The van der Waals surface area contributed by atoms with Crippen molar-refractivity contribution in [2.75, 3.05) is 6.61 Å². The number of halogens is 2. The SMILES string of the molecule is CCOc1cc(C=Nc2cccc(C)c2C)cc(Br)c1OS(=O)(=O)c1ccc(Cl)cc1. The molecule has 3 aromatic carbocycles. The van der Waals surface area contributed by atoms with Gasteiger partial charge >= 0.3 is 10.1 Å². The van der Waals surface area contributed by atoms with Gasteiger partial charge in [0.2, 0.25) is 0 Å². The lowest BCUT2D eigenvalue weighted by molar-refractivity contribution is 0.327. The van der Waals surface area contributed by atoms with Crippen molar-refractivity contribution >= 4 is 49.6 Å². The number of aryl methyl sites for hydroxylation is 1. The highest BCUT2D eigenvalue weighted by molar-refractivity contribution is 9.10. The van der Waals surface area contributed by atoms with Crippen LogP contribution in [0.2, 0.25) is 5.02 Å². The zero-order valence-electron chi connectivity index (χ0n) is 17.2. The molecule has 0 bridgehead atoms. The van der Waals surface area contributed by atoms with Gasteiger partial charge in [0.15, 0.2) is 11.5 Å². The molecule has 0 radical (unpaired) electrons. The maximum atomic E-state index is 12.7. The smallest absolute Gasteiger partial charge is 0.339 e. The Bertz CT molecular complexity index is 1230. The van der Waals surface area contributed by atoms with Crippen molar-refractivity contribution in [1.82, 2.24) is 0 Å². The second-order valence-corrected chi connectivity index (χ2v) is 9.57. The minimum atomic E-state index is -4.07. The number of hydrogen-bond acceptors (Lipinski definition) is 5. The van der Waals surface area contributed by atoms with Crippen molar-refractivity contribution in [2.45, 2.75) is 25.7 Å². The van der Waals surface area contributed by atoms with Crippen LogP contribution < -0.4 is 8.92 Å². The Balaban J connectivity index is 1.96. The molecule has 0 spiro atoms. The predicted molar refractivity (Wildman–Crippen MR) is 128 cm³/mol. The van der Waals surface area contributed by atoms with E-state index in [1.165, 1.54) is 24.3 Å². The fraction of sp³-hybridized carbons (Fsp3) is 0.174. The molecule has 3 aromatic rings. The minimum absolute atomic E-state index is 0.00758. The van der Waals surface area contributed by atoms with Crippen LogP contribution in [0.4, 0.5) is 5.69 Å². The summed E-state index contributed by atoms with van der Waals surface area (Å²) < 4.78 is 36.9. The monoisotopic (exact) mass is 521 g/mol. The number of rotatable bonds is 7. The molecule has 0 saturated heterocycles. The Morgan fingerprint density at radius 2 is 1.81 bits per heavy atom. The summed E-state index contributed by atoms with van der Waals surface area (Å²) in [5.74, 6) is 0.359. The highest BCUT2D eigenvalue weighted by Gasteiger charge is 2.22. The molecule has 0 saturated carbocycles. The van der Waals surface area contributed by atoms with Crippen LogP contribution in [0.25, 0.3) is 0 Å². The topological polar surface area (TPSA) is 65.0 Å². The molecule has 8 heteroatoms. The first-order valence-corrected chi connectivity index (χ1v) is 12.1. The second kappa shape index (κ2) is 9.85. The highest BCUT2D eigenvalue weighted by Crippen LogP contribution is 2.38. The van der Waals surface area contributed by atoms with Crippen molar-refractivity contribution in [3.63, 3.8) is 0 Å². The van der Waals surface area contributed by atoms with E-state index in [0.29, 0.717) is 16.1 Å². The van der Waals surface area contributed by atoms with Crippen LogP contribution in [0, 0.1) is 13.8 Å². The van der Waals surface area contributed by atoms with Gasteiger partial charge in [-0.15, -0.1) is 0 Å². The fourth-order valence-electron chi connectivity index (χ4n) is 2.78. The third kappa shape index (κ3) is 5.67. The molecule has 0 aliphatic heterocycles. The molecule has 31 heavy (non-hydrogen) atoms. The van der Waals surface area contributed by atoms with Gasteiger partial charge in [-0.25, -0.2) is 0 Å². The summed E-state index contributed by atoms with van der Waals surface area (Å²) in [5.41, 5.74) is 3.84. The molecule has 0 fully saturated rings. The van der Waals surface area contributed by atoms with E-state index in [4.69, 9.17) is 20.5 Å². The van der Waals surface area contributed by atoms with E-state index < -0.39 is 10.1 Å². The third-order valence-electron chi connectivity index (χ3n) is 4.56.